The molecule has 20 heavy (non-hydrogen) atoms. The van der Waals surface area contributed by atoms with Crippen LogP contribution in [0.3, 0.4) is 0 Å². The Kier molecular flexibility index (Phi) is 4.24. The molecule has 0 unspecified atom stereocenters. The molecule has 0 aromatic heterocycles. The van der Waals surface area contributed by atoms with Crippen molar-refractivity contribution in [2.24, 2.45) is 0 Å². The van der Waals surface area contributed by atoms with Crippen molar-refractivity contribution in [2.45, 2.75) is 24.4 Å². The first kappa shape index (κ1) is 15.1. The summed E-state index contributed by atoms with van der Waals surface area (Å²) in [7, 11) is -5.39. The van der Waals surface area contributed by atoms with Crippen molar-refractivity contribution in [1.29, 1.82) is 0 Å². The van der Waals surface area contributed by atoms with Gasteiger partial charge in [0.15, 0.2) is 0 Å². The van der Waals surface area contributed by atoms with E-state index in [4.69, 9.17) is 0 Å². The van der Waals surface area contributed by atoms with Crippen molar-refractivity contribution >= 4 is 15.7 Å². The molecule has 1 heterocycles. The van der Waals surface area contributed by atoms with Gasteiger partial charge in [-0.2, -0.15) is 21.6 Å². The minimum absolute atomic E-state index is 0.0525. The predicted molar refractivity (Wildman–Crippen MR) is 69.8 cm³/mol. The standard InChI is InChI=1S/C12H15F3N2O2S/c13-12(14,15)20(18,19)17(10-4-2-1-3-5-10)11-6-8-16-9-7-11/h1-5,11,16H,6-9H2. The Morgan fingerprint density at radius 2 is 1.65 bits per heavy atom. The summed E-state index contributed by atoms with van der Waals surface area (Å²) in [5.74, 6) is 0. The topological polar surface area (TPSA) is 49.4 Å². The lowest BCUT2D eigenvalue weighted by Gasteiger charge is -2.35. The van der Waals surface area contributed by atoms with Crippen LogP contribution >= 0.6 is 0 Å². The number of alkyl halides is 3. The number of rotatable bonds is 3. The summed E-state index contributed by atoms with van der Waals surface area (Å²) in [6.07, 6.45) is 0.703. The van der Waals surface area contributed by atoms with E-state index in [-0.39, 0.29) is 5.69 Å². The fraction of sp³-hybridized carbons (Fsp3) is 0.500. The summed E-state index contributed by atoms with van der Waals surface area (Å²) in [5, 5.41) is 3.01. The second-order valence-electron chi connectivity index (χ2n) is 4.56. The molecule has 1 fully saturated rings. The fourth-order valence-electron chi connectivity index (χ4n) is 2.27. The molecule has 8 heteroatoms. The van der Waals surface area contributed by atoms with Gasteiger partial charge in [-0.1, -0.05) is 18.2 Å². The SMILES string of the molecule is O=S(=O)(N(c1ccccc1)C1CCNCC1)C(F)(F)F. The number of nitrogens with zero attached hydrogens (tertiary/aromatic N) is 1. The minimum Gasteiger partial charge on any atom is -0.317 e. The molecule has 0 aliphatic carbocycles. The summed E-state index contributed by atoms with van der Waals surface area (Å²) in [6.45, 7) is 1.00. The molecule has 1 N–H and O–H groups in total. The normalized spacial score (nSPS) is 17.9. The Balaban J connectivity index is 2.45. The largest absolute Gasteiger partial charge is 0.516 e. The van der Waals surface area contributed by atoms with Crippen LogP contribution in [0.25, 0.3) is 0 Å². The van der Waals surface area contributed by atoms with Gasteiger partial charge in [-0.3, -0.25) is 4.31 Å². The second-order valence-corrected chi connectivity index (χ2v) is 6.37. The Labute approximate surface area is 115 Å². The number of sulfonamides is 1. The monoisotopic (exact) mass is 308 g/mol. The summed E-state index contributed by atoms with van der Waals surface area (Å²) in [6, 6.07) is 6.76. The molecule has 0 atom stereocenters. The van der Waals surface area contributed by atoms with E-state index in [1.165, 1.54) is 24.3 Å². The van der Waals surface area contributed by atoms with Gasteiger partial charge in [0.2, 0.25) is 0 Å². The predicted octanol–water partition coefficient (Wildman–Crippen LogP) is 2.09. The van der Waals surface area contributed by atoms with E-state index < -0.39 is 21.6 Å². The van der Waals surface area contributed by atoms with E-state index in [0.29, 0.717) is 30.2 Å². The fourth-order valence-corrected chi connectivity index (χ4v) is 3.50. The summed E-state index contributed by atoms with van der Waals surface area (Å²) < 4.78 is 62.8. The molecule has 1 aromatic carbocycles. The van der Waals surface area contributed by atoms with Crippen molar-refractivity contribution in [3.63, 3.8) is 0 Å². The van der Waals surface area contributed by atoms with E-state index in [2.05, 4.69) is 5.32 Å². The lowest BCUT2D eigenvalue weighted by Crippen LogP contribution is -2.50. The zero-order valence-electron chi connectivity index (χ0n) is 10.6. The zero-order chi connectivity index (χ0) is 14.8. The average Bonchev–Trinajstić information content (AvgIpc) is 2.40. The number of benzene rings is 1. The van der Waals surface area contributed by atoms with Crippen LogP contribution in [0.4, 0.5) is 18.9 Å². The molecule has 1 aliphatic rings. The molecule has 0 bridgehead atoms. The Morgan fingerprint density at radius 3 is 2.15 bits per heavy atom. The molecule has 112 valence electrons. The van der Waals surface area contributed by atoms with Gasteiger partial charge in [0, 0.05) is 6.04 Å². The highest BCUT2D eigenvalue weighted by molar-refractivity contribution is 7.93. The van der Waals surface area contributed by atoms with Crippen molar-refractivity contribution in [3.05, 3.63) is 30.3 Å². The molecule has 0 saturated carbocycles. The third kappa shape index (κ3) is 2.90. The number of piperidine rings is 1. The molecule has 1 aliphatic heterocycles. The van der Waals surface area contributed by atoms with Crippen LogP contribution in [-0.4, -0.2) is 33.1 Å². The molecule has 2 rings (SSSR count). The van der Waals surface area contributed by atoms with E-state index in [9.17, 15) is 21.6 Å². The first-order valence-electron chi connectivity index (χ1n) is 6.20. The van der Waals surface area contributed by atoms with Crippen molar-refractivity contribution in [3.8, 4) is 0 Å². The molecule has 4 nitrogen and oxygen atoms in total. The maximum atomic E-state index is 12.9. The highest BCUT2D eigenvalue weighted by atomic mass is 32.2. The molecule has 1 aromatic rings. The lowest BCUT2D eigenvalue weighted by molar-refractivity contribution is -0.0441. The Hall–Kier alpha value is -1.28. The number of hydrogen-bond acceptors (Lipinski definition) is 3. The highest BCUT2D eigenvalue weighted by Crippen LogP contribution is 2.34. The van der Waals surface area contributed by atoms with Gasteiger partial charge in [-0.25, -0.2) is 0 Å². The Morgan fingerprint density at radius 1 is 1.10 bits per heavy atom. The van der Waals surface area contributed by atoms with Crippen LogP contribution in [0, 0.1) is 0 Å². The molecule has 1 saturated heterocycles. The third-order valence-electron chi connectivity index (χ3n) is 3.20. The number of anilines is 1. The van der Waals surface area contributed by atoms with Crippen molar-refractivity contribution < 1.29 is 21.6 Å². The van der Waals surface area contributed by atoms with Crippen LogP contribution in [0.15, 0.2) is 30.3 Å². The molecule has 0 amide bonds. The first-order valence-corrected chi connectivity index (χ1v) is 7.64. The number of halogens is 3. The first-order chi connectivity index (χ1) is 9.34. The minimum atomic E-state index is -5.39. The van der Waals surface area contributed by atoms with Gasteiger partial charge in [0.1, 0.15) is 0 Å². The number of hydrogen-bond donors (Lipinski definition) is 1. The van der Waals surface area contributed by atoms with Gasteiger partial charge in [0.25, 0.3) is 0 Å². The zero-order valence-corrected chi connectivity index (χ0v) is 11.4. The van der Waals surface area contributed by atoms with Crippen LogP contribution in [-0.2, 0) is 10.0 Å². The van der Waals surface area contributed by atoms with Gasteiger partial charge in [-0.15, -0.1) is 0 Å². The third-order valence-corrected chi connectivity index (χ3v) is 4.81. The maximum Gasteiger partial charge on any atom is 0.516 e. The van der Waals surface area contributed by atoms with Gasteiger partial charge >= 0.3 is 15.5 Å². The summed E-state index contributed by atoms with van der Waals surface area (Å²) in [5.41, 5.74) is -5.25. The number of para-hydroxylation sites is 1. The maximum absolute atomic E-state index is 12.9. The van der Waals surface area contributed by atoms with Gasteiger partial charge < -0.3 is 5.32 Å². The second kappa shape index (κ2) is 5.61. The number of nitrogens with one attached hydrogen (secondary N) is 1. The molecular formula is C12H15F3N2O2S. The highest BCUT2D eigenvalue weighted by Gasteiger charge is 2.52. The van der Waals surface area contributed by atoms with Crippen LogP contribution < -0.4 is 9.62 Å². The lowest BCUT2D eigenvalue weighted by atomic mass is 10.1. The van der Waals surface area contributed by atoms with E-state index in [1.807, 2.05) is 0 Å². The average molecular weight is 308 g/mol. The van der Waals surface area contributed by atoms with E-state index in [0.717, 1.165) is 0 Å². The van der Waals surface area contributed by atoms with Crippen molar-refractivity contribution in [2.75, 3.05) is 17.4 Å². The molecular weight excluding hydrogens is 293 g/mol. The van der Waals surface area contributed by atoms with Crippen LogP contribution in [0.5, 0.6) is 0 Å². The summed E-state index contributed by atoms with van der Waals surface area (Å²) >= 11 is 0. The van der Waals surface area contributed by atoms with Gasteiger partial charge in [-0.05, 0) is 38.1 Å². The van der Waals surface area contributed by atoms with E-state index in [1.54, 1.807) is 6.07 Å². The van der Waals surface area contributed by atoms with E-state index >= 15 is 0 Å². The summed E-state index contributed by atoms with van der Waals surface area (Å²) in [4.78, 5) is 0. The molecule has 0 radical (unpaired) electrons. The van der Waals surface area contributed by atoms with Gasteiger partial charge in [0.05, 0.1) is 5.69 Å². The molecule has 0 spiro atoms. The smallest absolute Gasteiger partial charge is 0.317 e. The van der Waals surface area contributed by atoms with Crippen LogP contribution in [0.2, 0.25) is 0 Å². The quantitative estimate of drug-likeness (QED) is 0.930. The van der Waals surface area contributed by atoms with Crippen LogP contribution in [0.1, 0.15) is 12.8 Å². The Bertz CT molecular complexity index is 540. The van der Waals surface area contributed by atoms with Crippen molar-refractivity contribution in [1.82, 2.24) is 5.32 Å².